The third-order valence-electron chi connectivity index (χ3n) is 2.72. The number of aliphatic hydroxyl groups excluding tert-OH is 1. The van der Waals surface area contributed by atoms with Crippen LogP contribution in [0.3, 0.4) is 0 Å². The van der Waals surface area contributed by atoms with E-state index < -0.39 is 18.1 Å². The number of halogens is 1. The van der Waals surface area contributed by atoms with E-state index >= 15 is 0 Å². The highest BCUT2D eigenvalue weighted by Crippen LogP contribution is 2.23. The molecule has 92 valence electrons. The molecule has 0 aliphatic rings. The van der Waals surface area contributed by atoms with Crippen molar-refractivity contribution in [1.82, 2.24) is 0 Å². The Labute approximate surface area is 105 Å². The molecule has 0 heterocycles. The molecule has 0 amide bonds. The Bertz CT molecular complexity index is 511. The van der Waals surface area contributed by atoms with Crippen LogP contribution in [-0.2, 0) is 0 Å². The summed E-state index contributed by atoms with van der Waals surface area (Å²) in [6.07, 6.45) is -3.38. The van der Waals surface area contributed by atoms with Gasteiger partial charge in [0.2, 0.25) is 0 Å². The van der Waals surface area contributed by atoms with E-state index in [0.717, 1.165) is 0 Å². The molecular weight excluding hydrogens is 231 g/mol. The van der Waals surface area contributed by atoms with Crippen molar-refractivity contribution in [1.29, 1.82) is 0 Å². The lowest BCUT2D eigenvalue weighted by Gasteiger charge is -2.14. The summed E-state index contributed by atoms with van der Waals surface area (Å²) in [7, 11) is 0. The van der Waals surface area contributed by atoms with E-state index in [4.69, 9.17) is 0 Å². The fraction of sp³-hybridized carbons (Fsp3) is 0.133. The van der Waals surface area contributed by atoms with E-state index in [2.05, 4.69) is 0 Å². The van der Waals surface area contributed by atoms with Crippen LogP contribution in [0.15, 0.2) is 60.7 Å². The first-order valence-corrected chi connectivity index (χ1v) is 5.66. The van der Waals surface area contributed by atoms with Crippen LogP contribution in [-0.4, -0.2) is 17.0 Å². The van der Waals surface area contributed by atoms with Gasteiger partial charge in [0.05, 0.1) is 0 Å². The van der Waals surface area contributed by atoms with Crippen molar-refractivity contribution in [3.8, 4) is 0 Å². The number of hydrogen-bond donors (Lipinski definition) is 1. The summed E-state index contributed by atoms with van der Waals surface area (Å²) < 4.78 is 14.0. The van der Waals surface area contributed by atoms with Crippen LogP contribution < -0.4 is 0 Å². The maximum Gasteiger partial charge on any atom is 0.194 e. The fourth-order valence-corrected chi connectivity index (χ4v) is 1.73. The van der Waals surface area contributed by atoms with Crippen molar-refractivity contribution in [3.05, 3.63) is 71.8 Å². The minimum Gasteiger partial charge on any atom is -0.381 e. The first kappa shape index (κ1) is 12.5. The molecule has 0 radical (unpaired) electrons. The highest BCUT2D eigenvalue weighted by atomic mass is 19.1. The van der Waals surface area contributed by atoms with E-state index in [0.29, 0.717) is 11.1 Å². The van der Waals surface area contributed by atoms with Gasteiger partial charge in [0.1, 0.15) is 0 Å². The molecule has 0 aliphatic heterocycles. The molecule has 0 fully saturated rings. The second-order valence-electron chi connectivity index (χ2n) is 3.99. The maximum absolute atomic E-state index is 14.0. The van der Waals surface area contributed by atoms with Crippen molar-refractivity contribution in [2.75, 3.05) is 0 Å². The summed E-state index contributed by atoms with van der Waals surface area (Å²) in [6, 6.07) is 16.4. The van der Waals surface area contributed by atoms with E-state index in [1.807, 2.05) is 0 Å². The highest BCUT2D eigenvalue weighted by molar-refractivity contribution is 5.99. The summed E-state index contributed by atoms with van der Waals surface area (Å²) in [4.78, 5) is 11.9. The van der Waals surface area contributed by atoms with Crippen LogP contribution in [0.2, 0.25) is 0 Å². The van der Waals surface area contributed by atoms with E-state index in [1.54, 1.807) is 60.7 Å². The number of benzene rings is 2. The van der Waals surface area contributed by atoms with Gasteiger partial charge in [-0.15, -0.1) is 0 Å². The highest BCUT2D eigenvalue weighted by Gasteiger charge is 2.27. The monoisotopic (exact) mass is 244 g/mol. The van der Waals surface area contributed by atoms with Crippen LogP contribution >= 0.6 is 0 Å². The molecule has 18 heavy (non-hydrogen) atoms. The standard InChI is InChI=1S/C15H13FO2/c16-13(11-7-3-1-4-8-11)15(18)14(17)12-9-5-2-6-10-12/h1-10,13,15,18H/t13-,15+/m1/s1. The van der Waals surface area contributed by atoms with Gasteiger partial charge in [-0.25, -0.2) is 4.39 Å². The van der Waals surface area contributed by atoms with Crippen molar-refractivity contribution < 1.29 is 14.3 Å². The zero-order valence-electron chi connectivity index (χ0n) is 9.66. The molecule has 2 nitrogen and oxygen atoms in total. The zero-order valence-corrected chi connectivity index (χ0v) is 9.66. The quantitative estimate of drug-likeness (QED) is 0.839. The zero-order chi connectivity index (χ0) is 13.0. The van der Waals surface area contributed by atoms with Crippen LogP contribution in [0.5, 0.6) is 0 Å². The summed E-state index contributed by atoms with van der Waals surface area (Å²) in [5.74, 6) is -0.605. The van der Waals surface area contributed by atoms with E-state index in [9.17, 15) is 14.3 Å². The van der Waals surface area contributed by atoms with Crippen molar-refractivity contribution in [3.63, 3.8) is 0 Å². The minimum atomic E-state index is -1.71. The molecular formula is C15H13FO2. The third kappa shape index (κ3) is 2.63. The molecule has 1 N–H and O–H groups in total. The first-order valence-electron chi connectivity index (χ1n) is 5.66. The molecule has 0 aromatic heterocycles. The van der Waals surface area contributed by atoms with Crippen LogP contribution in [0, 0.1) is 0 Å². The Morgan fingerprint density at radius 2 is 1.44 bits per heavy atom. The molecule has 0 spiro atoms. The minimum absolute atomic E-state index is 0.300. The average molecular weight is 244 g/mol. The number of alkyl halides is 1. The number of ketones is 1. The molecule has 0 saturated carbocycles. The molecule has 2 aromatic carbocycles. The number of carbonyl (C=O) groups excluding carboxylic acids is 1. The molecule has 0 unspecified atom stereocenters. The smallest absolute Gasteiger partial charge is 0.194 e. The van der Waals surface area contributed by atoms with Gasteiger partial charge in [-0.2, -0.15) is 0 Å². The van der Waals surface area contributed by atoms with Crippen molar-refractivity contribution in [2.24, 2.45) is 0 Å². The SMILES string of the molecule is O=C(c1ccccc1)[C@@H](O)[C@H](F)c1ccccc1. The van der Waals surface area contributed by atoms with E-state index in [-0.39, 0.29) is 0 Å². The normalized spacial score (nSPS) is 13.9. The maximum atomic E-state index is 14.0. The van der Waals surface area contributed by atoms with Crippen molar-refractivity contribution in [2.45, 2.75) is 12.3 Å². The number of aliphatic hydroxyl groups is 1. The van der Waals surface area contributed by atoms with Gasteiger partial charge < -0.3 is 5.11 Å². The Morgan fingerprint density at radius 3 is 2.00 bits per heavy atom. The molecule has 2 aromatic rings. The predicted octanol–water partition coefficient (Wildman–Crippen LogP) is 2.94. The second kappa shape index (κ2) is 5.56. The van der Waals surface area contributed by atoms with Crippen LogP contribution in [0.25, 0.3) is 0 Å². The Kier molecular flexibility index (Phi) is 3.85. The van der Waals surface area contributed by atoms with Gasteiger partial charge in [0.25, 0.3) is 0 Å². The number of hydrogen-bond acceptors (Lipinski definition) is 2. The lowest BCUT2D eigenvalue weighted by atomic mass is 9.98. The lowest BCUT2D eigenvalue weighted by Crippen LogP contribution is -2.25. The summed E-state index contributed by atoms with van der Waals surface area (Å²) in [6.45, 7) is 0. The van der Waals surface area contributed by atoms with E-state index in [1.165, 1.54) is 0 Å². The number of carbonyl (C=O) groups is 1. The number of Topliss-reactive ketones (excluding diaryl/α,β-unsaturated/α-hetero) is 1. The molecule has 2 rings (SSSR count). The third-order valence-corrected chi connectivity index (χ3v) is 2.72. The van der Waals surface area contributed by atoms with Crippen LogP contribution in [0.4, 0.5) is 4.39 Å². The topological polar surface area (TPSA) is 37.3 Å². The van der Waals surface area contributed by atoms with Crippen molar-refractivity contribution >= 4 is 5.78 Å². The number of rotatable bonds is 4. The molecule has 2 atom stereocenters. The molecule has 0 aliphatic carbocycles. The molecule has 0 bridgehead atoms. The van der Waals surface area contributed by atoms with Gasteiger partial charge in [-0.05, 0) is 5.56 Å². The Morgan fingerprint density at radius 1 is 0.944 bits per heavy atom. The largest absolute Gasteiger partial charge is 0.381 e. The predicted molar refractivity (Wildman–Crippen MR) is 67.1 cm³/mol. The van der Waals surface area contributed by atoms with Gasteiger partial charge >= 0.3 is 0 Å². The Balaban J connectivity index is 2.17. The van der Waals surface area contributed by atoms with Gasteiger partial charge in [-0.1, -0.05) is 60.7 Å². The summed E-state index contributed by atoms with van der Waals surface area (Å²) in [5, 5.41) is 9.77. The van der Waals surface area contributed by atoms with Gasteiger partial charge in [0.15, 0.2) is 18.1 Å². The Hall–Kier alpha value is -2.00. The van der Waals surface area contributed by atoms with Gasteiger partial charge in [0, 0.05) is 5.56 Å². The summed E-state index contributed by atoms with van der Waals surface area (Å²) in [5.41, 5.74) is 0.609. The summed E-state index contributed by atoms with van der Waals surface area (Å²) >= 11 is 0. The van der Waals surface area contributed by atoms with Crippen LogP contribution in [0.1, 0.15) is 22.1 Å². The molecule has 0 saturated heterocycles. The van der Waals surface area contributed by atoms with Gasteiger partial charge in [-0.3, -0.25) is 4.79 Å². The fourth-order valence-electron chi connectivity index (χ4n) is 1.73. The first-order chi connectivity index (χ1) is 8.70. The molecule has 3 heteroatoms. The lowest BCUT2D eigenvalue weighted by molar-refractivity contribution is 0.0511. The average Bonchev–Trinajstić information content (AvgIpc) is 2.47. The second-order valence-corrected chi connectivity index (χ2v) is 3.99.